The van der Waals surface area contributed by atoms with Crippen molar-refractivity contribution in [1.82, 2.24) is 0 Å². The third-order valence-electron chi connectivity index (χ3n) is 3.56. The number of fused-ring (bicyclic) bond motifs is 1. The van der Waals surface area contributed by atoms with E-state index in [4.69, 9.17) is 0 Å². The van der Waals surface area contributed by atoms with Crippen LogP contribution in [0.3, 0.4) is 0 Å². The van der Waals surface area contributed by atoms with Gasteiger partial charge in [0.25, 0.3) is 0 Å². The Kier molecular flexibility index (Phi) is 2.21. The third-order valence-corrected chi connectivity index (χ3v) is 3.56. The lowest BCUT2D eigenvalue weighted by Gasteiger charge is -2.25. The Morgan fingerprint density at radius 2 is 1.73 bits per heavy atom. The lowest BCUT2D eigenvalue weighted by Crippen LogP contribution is -2.13. The van der Waals surface area contributed by atoms with Gasteiger partial charge in [-0.2, -0.15) is 0 Å². The molecule has 2 aromatic carbocycles. The predicted molar refractivity (Wildman–Crippen MR) is 65.0 cm³/mol. The molecule has 0 N–H and O–H groups in total. The van der Waals surface area contributed by atoms with Crippen LogP contribution in [0.25, 0.3) is 10.8 Å². The Hall–Kier alpha value is -1.30. The average molecular weight is 196 g/mol. The average Bonchev–Trinajstić information content (AvgIpc) is 2.23. The maximum Gasteiger partial charge on any atom is -0.0181 e. The highest BCUT2D eigenvalue weighted by Crippen LogP contribution is 2.30. The summed E-state index contributed by atoms with van der Waals surface area (Å²) in [5.41, 5.74) is 1.51. The molecule has 1 aliphatic carbocycles. The summed E-state index contributed by atoms with van der Waals surface area (Å²) < 4.78 is 0. The maximum absolute atomic E-state index is 2.35. The SMILES string of the molecule is c1ccc2cc(CC3CCC3)ccc2c1. The van der Waals surface area contributed by atoms with Gasteiger partial charge in [-0.05, 0) is 28.7 Å². The maximum atomic E-state index is 2.35. The normalized spacial score (nSPS) is 16.5. The van der Waals surface area contributed by atoms with Crippen LogP contribution >= 0.6 is 0 Å². The van der Waals surface area contributed by atoms with Crippen LogP contribution in [0, 0.1) is 5.92 Å². The summed E-state index contributed by atoms with van der Waals surface area (Å²) in [4.78, 5) is 0. The number of hydrogen-bond acceptors (Lipinski definition) is 0. The zero-order valence-corrected chi connectivity index (χ0v) is 8.95. The van der Waals surface area contributed by atoms with Gasteiger partial charge in [-0.25, -0.2) is 0 Å². The molecule has 0 nitrogen and oxygen atoms in total. The van der Waals surface area contributed by atoms with E-state index in [0.717, 1.165) is 5.92 Å². The third kappa shape index (κ3) is 1.77. The monoisotopic (exact) mass is 196 g/mol. The van der Waals surface area contributed by atoms with Crippen molar-refractivity contribution in [2.75, 3.05) is 0 Å². The first-order valence-corrected chi connectivity index (χ1v) is 5.89. The molecule has 0 atom stereocenters. The quantitative estimate of drug-likeness (QED) is 0.676. The first-order chi connectivity index (χ1) is 7.42. The van der Waals surface area contributed by atoms with Crippen LogP contribution in [0.2, 0.25) is 0 Å². The molecule has 0 aliphatic heterocycles. The van der Waals surface area contributed by atoms with Gasteiger partial charge < -0.3 is 0 Å². The Morgan fingerprint density at radius 3 is 2.47 bits per heavy atom. The highest BCUT2D eigenvalue weighted by atomic mass is 14.2. The number of rotatable bonds is 2. The predicted octanol–water partition coefficient (Wildman–Crippen LogP) is 4.18. The van der Waals surface area contributed by atoms with Crippen molar-refractivity contribution in [1.29, 1.82) is 0 Å². The molecule has 76 valence electrons. The molecule has 0 aromatic heterocycles. The molecule has 15 heavy (non-hydrogen) atoms. The van der Waals surface area contributed by atoms with Crippen LogP contribution in [0.5, 0.6) is 0 Å². The Bertz CT molecular complexity index is 466. The van der Waals surface area contributed by atoms with Crippen LogP contribution in [0.15, 0.2) is 42.5 Å². The van der Waals surface area contributed by atoms with Crippen LogP contribution in [0.1, 0.15) is 24.8 Å². The van der Waals surface area contributed by atoms with Crippen molar-refractivity contribution in [2.24, 2.45) is 5.92 Å². The molecular weight excluding hydrogens is 180 g/mol. The van der Waals surface area contributed by atoms with E-state index in [9.17, 15) is 0 Å². The van der Waals surface area contributed by atoms with Crippen LogP contribution < -0.4 is 0 Å². The fraction of sp³-hybridized carbons (Fsp3) is 0.333. The summed E-state index contributed by atoms with van der Waals surface area (Å²) >= 11 is 0. The number of benzene rings is 2. The van der Waals surface area contributed by atoms with Crippen molar-refractivity contribution in [2.45, 2.75) is 25.7 Å². The zero-order valence-electron chi connectivity index (χ0n) is 8.95. The summed E-state index contributed by atoms with van der Waals surface area (Å²) in [6.45, 7) is 0. The largest absolute Gasteiger partial charge is 0.0616 e. The number of hydrogen-bond donors (Lipinski definition) is 0. The van der Waals surface area contributed by atoms with E-state index in [1.807, 2.05) is 0 Å². The Labute approximate surface area is 90.9 Å². The van der Waals surface area contributed by atoms with Crippen LogP contribution in [0.4, 0.5) is 0 Å². The van der Waals surface area contributed by atoms with Gasteiger partial charge in [0.2, 0.25) is 0 Å². The standard InChI is InChI=1S/C15H16/c1-2-7-15-11-13(8-9-14(15)6-1)10-12-4-3-5-12/h1-2,6-9,11-12H,3-5,10H2. The van der Waals surface area contributed by atoms with Crippen molar-refractivity contribution in [3.63, 3.8) is 0 Å². The van der Waals surface area contributed by atoms with Gasteiger partial charge in [0.15, 0.2) is 0 Å². The fourth-order valence-electron chi connectivity index (χ4n) is 2.40. The van der Waals surface area contributed by atoms with E-state index in [0.29, 0.717) is 0 Å². The second-order valence-corrected chi connectivity index (χ2v) is 4.68. The van der Waals surface area contributed by atoms with Gasteiger partial charge in [0, 0.05) is 0 Å². The van der Waals surface area contributed by atoms with Gasteiger partial charge in [-0.3, -0.25) is 0 Å². The van der Waals surface area contributed by atoms with Crippen LogP contribution in [-0.2, 0) is 6.42 Å². The van der Waals surface area contributed by atoms with Crippen molar-refractivity contribution in [3.8, 4) is 0 Å². The molecule has 0 unspecified atom stereocenters. The van der Waals surface area contributed by atoms with Crippen LogP contribution in [-0.4, -0.2) is 0 Å². The zero-order chi connectivity index (χ0) is 10.1. The summed E-state index contributed by atoms with van der Waals surface area (Å²) in [7, 11) is 0. The lowest BCUT2D eigenvalue weighted by molar-refractivity contribution is 0.314. The van der Waals surface area contributed by atoms with E-state index in [1.54, 1.807) is 0 Å². The topological polar surface area (TPSA) is 0 Å². The Morgan fingerprint density at radius 1 is 0.933 bits per heavy atom. The smallest absolute Gasteiger partial charge is 0.0181 e. The van der Waals surface area contributed by atoms with Crippen molar-refractivity contribution < 1.29 is 0 Å². The molecule has 0 heterocycles. The molecule has 0 radical (unpaired) electrons. The first kappa shape index (κ1) is 8.96. The highest BCUT2D eigenvalue weighted by Gasteiger charge is 2.17. The molecule has 1 aliphatic rings. The second-order valence-electron chi connectivity index (χ2n) is 4.68. The van der Waals surface area contributed by atoms with Gasteiger partial charge in [-0.1, -0.05) is 61.7 Å². The summed E-state index contributed by atoms with van der Waals surface area (Å²) in [5, 5.41) is 2.74. The van der Waals surface area contributed by atoms with Crippen molar-refractivity contribution in [3.05, 3.63) is 48.0 Å². The summed E-state index contributed by atoms with van der Waals surface area (Å²) in [5.74, 6) is 0.964. The van der Waals surface area contributed by atoms with E-state index in [2.05, 4.69) is 42.5 Å². The molecule has 1 fully saturated rings. The molecule has 3 rings (SSSR count). The van der Waals surface area contributed by atoms with Gasteiger partial charge in [0.05, 0.1) is 0 Å². The van der Waals surface area contributed by atoms with Crippen molar-refractivity contribution >= 4 is 10.8 Å². The molecule has 1 saturated carbocycles. The minimum absolute atomic E-state index is 0.964. The minimum atomic E-state index is 0.964. The summed E-state index contributed by atoms with van der Waals surface area (Å²) in [6.07, 6.45) is 5.60. The first-order valence-electron chi connectivity index (χ1n) is 5.89. The molecule has 0 bridgehead atoms. The fourth-order valence-corrected chi connectivity index (χ4v) is 2.40. The molecule has 0 amide bonds. The minimum Gasteiger partial charge on any atom is -0.0616 e. The van der Waals surface area contributed by atoms with E-state index in [-0.39, 0.29) is 0 Å². The Balaban J connectivity index is 1.91. The molecule has 0 saturated heterocycles. The summed E-state index contributed by atoms with van der Waals surface area (Å²) in [6, 6.07) is 15.5. The highest BCUT2D eigenvalue weighted by molar-refractivity contribution is 5.82. The van der Waals surface area contributed by atoms with E-state index in [1.165, 1.54) is 42.0 Å². The molecular formula is C15H16. The van der Waals surface area contributed by atoms with Gasteiger partial charge in [0.1, 0.15) is 0 Å². The lowest BCUT2D eigenvalue weighted by atomic mass is 9.81. The van der Waals surface area contributed by atoms with Gasteiger partial charge >= 0.3 is 0 Å². The van der Waals surface area contributed by atoms with E-state index >= 15 is 0 Å². The molecule has 0 spiro atoms. The molecule has 0 heteroatoms. The van der Waals surface area contributed by atoms with E-state index < -0.39 is 0 Å². The van der Waals surface area contributed by atoms with Gasteiger partial charge in [-0.15, -0.1) is 0 Å². The second kappa shape index (κ2) is 3.69. The molecule has 2 aromatic rings.